The van der Waals surface area contributed by atoms with Crippen molar-refractivity contribution in [2.24, 2.45) is 5.73 Å². The fourth-order valence-electron chi connectivity index (χ4n) is 1.06. The molecule has 0 aromatic heterocycles. The first kappa shape index (κ1) is 12.0. The molecule has 0 fully saturated rings. The van der Waals surface area contributed by atoms with E-state index in [2.05, 4.69) is 18.2 Å². The molecule has 1 amide bonds. The maximum Gasteiger partial charge on any atom is 0.221 e. The number of nitrogens with two attached hydrogens (primary N) is 1. The summed E-state index contributed by atoms with van der Waals surface area (Å²) in [5, 5.41) is 2.71. The first-order valence-corrected chi connectivity index (χ1v) is 4.66. The van der Waals surface area contributed by atoms with Crippen LogP contribution in [0.25, 0.3) is 0 Å². The fourth-order valence-corrected chi connectivity index (χ4v) is 1.06. The molecular formula is C10H18N2O. The van der Waals surface area contributed by atoms with Crippen LogP contribution in [0.3, 0.4) is 0 Å². The lowest BCUT2D eigenvalue weighted by Gasteiger charge is -2.09. The standard InChI is InChI=1S/C10H18N2O/c1-3-5-7-12-10(13)8-9(11)6-4-2/h1,9H,4-8,11H2,2H3,(H,12,13). The molecule has 0 saturated heterocycles. The topological polar surface area (TPSA) is 55.1 Å². The van der Waals surface area contributed by atoms with E-state index in [0.717, 1.165) is 12.8 Å². The average Bonchev–Trinajstić information content (AvgIpc) is 2.05. The molecular weight excluding hydrogens is 164 g/mol. The predicted molar refractivity (Wildman–Crippen MR) is 54.0 cm³/mol. The molecule has 0 aliphatic rings. The number of hydrogen-bond donors (Lipinski definition) is 2. The smallest absolute Gasteiger partial charge is 0.221 e. The van der Waals surface area contributed by atoms with Crippen molar-refractivity contribution in [3.8, 4) is 12.3 Å². The molecule has 0 aliphatic carbocycles. The molecule has 0 radical (unpaired) electrons. The van der Waals surface area contributed by atoms with Gasteiger partial charge in [-0.25, -0.2) is 0 Å². The Morgan fingerprint density at radius 1 is 1.69 bits per heavy atom. The van der Waals surface area contributed by atoms with Gasteiger partial charge in [0.15, 0.2) is 0 Å². The van der Waals surface area contributed by atoms with Crippen molar-refractivity contribution in [1.29, 1.82) is 0 Å². The van der Waals surface area contributed by atoms with Gasteiger partial charge in [-0.2, -0.15) is 0 Å². The van der Waals surface area contributed by atoms with Crippen LogP contribution in [0.5, 0.6) is 0 Å². The first-order chi connectivity index (χ1) is 6.20. The number of terminal acetylenes is 1. The minimum absolute atomic E-state index is 0.00352. The summed E-state index contributed by atoms with van der Waals surface area (Å²) in [7, 11) is 0. The van der Waals surface area contributed by atoms with Gasteiger partial charge in [0.05, 0.1) is 0 Å². The Labute approximate surface area is 80.1 Å². The number of rotatable bonds is 6. The third kappa shape index (κ3) is 7.35. The summed E-state index contributed by atoms with van der Waals surface area (Å²) < 4.78 is 0. The van der Waals surface area contributed by atoms with E-state index in [4.69, 9.17) is 12.2 Å². The lowest BCUT2D eigenvalue weighted by molar-refractivity contribution is -0.121. The molecule has 0 aromatic rings. The lowest BCUT2D eigenvalue weighted by Crippen LogP contribution is -2.32. The van der Waals surface area contributed by atoms with Crippen LogP contribution in [0.1, 0.15) is 32.6 Å². The number of nitrogens with one attached hydrogen (secondary N) is 1. The monoisotopic (exact) mass is 182 g/mol. The van der Waals surface area contributed by atoms with E-state index in [1.807, 2.05) is 0 Å². The molecule has 3 nitrogen and oxygen atoms in total. The second kappa shape index (κ2) is 7.63. The Kier molecular flexibility index (Phi) is 7.04. The van der Waals surface area contributed by atoms with E-state index >= 15 is 0 Å². The molecule has 0 heterocycles. The van der Waals surface area contributed by atoms with E-state index in [9.17, 15) is 4.79 Å². The van der Waals surface area contributed by atoms with Gasteiger partial charge in [0.2, 0.25) is 5.91 Å². The minimum Gasteiger partial charge on any atom is -0.355 e. The van der Waals surface area contributed by atoms with E-state index in [1.54, 1.807) is 0 Å². The number of hydrogen-bond acceptors (Lipinski definition) is 2. The molecule has 3 N–H and O–H groups in total. The van der Waals surface area contributed by atoms with Crippen LogP contribution in [0.15, 0.2) is 0 Å². The molecule has 13 heavy (non-hydrogen) atoms. The van der Waals surface area contributed by atoms with Crippen LogP contribution in [0, 0.1) is 12.3 Å². The van der Waals surface area contributed by atoms with E-state index in [1.165, 1.54) is 0 Å². The largest absolute Gasteiger partial charge is 0.355 e. The maximum atomic E-state index is 11.1. The quantitative estimate of drug-likeness (QED) is 0.468. The van der Waals surface area contributed by atoms with Crippen LogP contribution in [0.4, 0.5) is 0 Å². The Morgan fingerprint density at radius 2 is 2.38 bits per heavy atom. The minimum atomic E-state index is -0.0177. The van der Waals surface area contributed by atoms with Gasteiger partial charge in [-0.1, -0.05) is 13.3 Å². The average molecular weight is 182 g/mol. The van der Waals surface area contributed by atoms with Crippen LogP contribution in [0.2, 0.25) is 0 Å². The van der Waals surface area contributed by atoms with Gasteiger partial charge in [-0.3, -0.25) is 4.79 Å². The Hall–Kier alpha value is -1.01. The van der Waals surface area contributed by atoms with Crippen molar-refractivity contribution in [1.82, 2.24) is 5.32 Å². The summed E-state index contributed by atoms with van der Waals surface area (Å²) in [5.41, 5.74) is 5.69. The van der Waals surface area contributed by atoms with Crippen LogP contribution in [-0.2, 0) is 4.79 Å². The predicted octanol–water partition coefficient (Wildman–Crippen LogP) is 0.643. The zero-order valence-corrected chi connectivity index (χ0v) is 8.18. The van der Waals surface area contributed by atoms with Crippen molar-refractivity contribution in [2.75, 3.05) is 6.54 Å². The summed E-state index contributed by atoms with van der Waals surface area (Å²) in [4.78, 5) is 11.1. The SMILES string of the molecule is C#CCCNC(=O)CC(N)CCC. The van der Waals surface area contributed by atoms with Crippen molar-refractivity contribution < 1.29 is 4.79 Å². The van der Waals surface area contributed by atoms with E-state index < -0.39 is 0 Å². The normalized spacial score (nSPS) is 11.8. The zero-order chi connectivity index (χ0) is 10.1. The van der Waals surface area contributed by atoms with Gasteiger partial charge in [0.1, 0.15) is 0 Å². The van der Waals surface area contributed by atoms with Gasteiger partial charge in [0.25, 0.3) is 0 Å². The number of carbonyl (C=O) groups excluding carboxylic acids is 1. The molecule has 0 saturated carbocycles. The van der Waals surface area contributed by atoms with E-state index in [0.29, 0.717) is 19.4 Å². The summed E-state index contributed by atoms with van der Waals surface area (Å²) >= 11 is 0. The third-order valence-corrected chi connectivity index (χ3v) is 1.70. The summed E-state index contributed by atoms with van der Waals surface area (Å²) in [6, 6.07) is -0.0177. The molecule has 3 heteroatoms. The van der Waals surface area contributed by atoms with Crippen molar-refractivity contribution in [3.63, 3.8) is 0 Å². The van der Waals surface area contributed by atoms with Crippen molar-refractivity contribution in [2.45, 2.75) is 38.6 Å². The highest BCUT2D eigenvalue weighted by atomic mass is 16.1. The molecule has 1 atom stereocenters. The highest BCUT2D eigenvalue weighted by Crippen LogP contribution is 1.97. The second-order valence-corrected chi connectivity index (χ2v) is 3.06. The van der Waals surface area contributed by atoms with Gasteiger partial charge < -0.3 is 11.1 Å². The van der Waals surface area contributed by atoms with Crippen LogP contribution < -0.4 is 11.1 Å². The molecule has 0 spiro atoms. The highest BCUT2D eigenvalue weighted by molar-refractivity contribution is 5.76. The summed E-state index contributed by atoms with van der Waals surface area (Å²) in [5.74, 6) is 2.45. The fraction of sp³-hybridized carbons (Fsp3) is 0.700. The lowest BCUT2D eigenvalue weighted by atomic mass is 10.1. The highest BCUT2D eigenvalue weighted by Gasteiger charge is 2.06. The van der Waals surface area contributed by atoms with Gasteiger partial charge in [0, 0.05) is 25.4 Å². The van der Waals surface area contributed by atoms with Crippen LogP contribution >= 0.6 is 0 Å². The van der Waals surface area contributed by atoms with Gasteiger partial charge in [-0.05, 0) is 6.42 Å². The summed E-state index contributed by atoms with van der Waals surface area (Å²) in [6.07, 6.45) is 7.92. The molecule has 74 valence electrons. The molecule has 0 aliphatic heterocycles. The van der Waals surface area contributed by atoms with Gasteiger partial charge in [-0.15, -0.1) is 12.3 Å². The number of amides is 1. The molecule has 0 bridgehead atoms. The maximum absolute atomic E-state index is 11.1. The first-order valence-electron chi connectivity index (χ1n) is 4.66. The number of carbonyl (C=O) groups is 1. The van der Waals surface area contributed by atoms with Crippen molar-refractivity contribution in [3.05, 3.63) is 0 Å². The van der Waals surface area contributed by atoms with E-state index in [-0.39, 0.29) is 11.9 Å². The second-order valence-electron chi connectivity index (χ2n) is 3.06. The molecule has 0 rings (SSSR count). The Morgan fingerprint density at radius 3 is 2.92 bits per heavy atom. The van der Waals surface area contributed by atoms with Crippen molar-refractivity contribution >= 4 is 5.91 Å². The van der Waals surface area contributed by atoms with Gasteiger partial charge >= 0.3 is 0 Å². The Bertz CT molecular complexity index is 184. The van der Waals surface area contributed by atoms with Crippen LogP contribution in [-0.4, -0.2) is 18.5 Å². The molecule has 0 aromatic carbocycles. The summed E-state index contributed by atoms with van der Waals surface area (Å²) in [6.45, 7) is 2.60. The zero-order valence-electron chi connectivity index (χ0n) is 8.18. The Balaban J connectivity index is 3.45. The molecule has 1 unspecified atom stereocenters. The third-order valence-electron chi connectivity index (χ3n) is 1.70.